The van der Waals surface area contributed by atoms with Crippen LogP contribution in [0.15, 0.2) is 0 Å². The van der Waals surface area contributed by atoms with E-state index < -0.39 is 74.6 Å². The van der Waals surface area contributed by atoms with Gasteiger partial charge in [-0.25, -0.2) is 0 Å². The maximum Gasteiger partial charge on any atom is 0.187 e. The summed E-state index contributed by atoms with van der Waals surface area (Å²) >= 11 is 0. The third-order valence-corrected chi connectivity index (χ3v) is 9.08. The molecule has 11 nitrogen and oxygen atoms in total. The average molecular weight is 504 g/mol. The van der Waals surface area contributed by atoms with Crippen LogP contribution in [-0.2, 0) is 14.2 Å². The highest BCUT2D eigenvalue weighted by molar-refractivity contribution is 5.15. The maximum absolute atomic E-state index is 11.0. The fourth-order valence-corrected chi connectivity index (χ4v) is 8.62. The molecule has 0 aromatic carbocycles. The third-order valence-electron chi connectivity index (χ3n) is 9.08. The average Bonchev–Trinajstić information content (AvgIpc) is 2.76. The summed E-state index contributed by atoms with van der Waals surface area (Å²) in [7, 11) is 0. The predicted molar refractivity (Wildman–Crippen MR) is 120 cm³/mol. The summed E-state index contributed by atoms with van der Waals surface area (Å²) < 4.78 is 17.1. The van der Waals surface area contributed by atoms with E-state index in [4.69, 9.17) is 14.2 Å². The van der Waals surface area contributed by atoms with E-state index in [0.717, 1.165) is 19.3 Å². The normalized spacial score (nSPS) is 58.0. The van der Waals surface area contributed by atoms with E-state index in [1.807, 2.05) is 0 Å². The first-order valence-electron chi connectivity index (χ1n) is 12.8. The summed E-state index contributed by atoms with van der Waals surface area (Å²) in [5.74, 6) is 0.607. The van der Waals surface area contributed by atoms with Gasteiger partial charge in [0.1, 0.15) is 55.1 Å². The molecule has 0 aromatic heterocycles. The molecule has 35 heavy (non-hydrogen) atoms. The number of nitrogens with one attached hydrogen (secondary N) is 1. The van der Waals surface area contributed by atoms with Crippen molar-refractivity contribution in [2.45, 2.75) is 119 Å². The molecule has 0 spiro atoms. The molecular weight excluding hydrogens is 462 g/mol. The van der Waals surface area contributed by atoms with Gasteiger partial charge in [0.05, 0.1) is 13.2 Å². The number of hydrogen-bond donors (Lipinski definition) is 8. The predicted octanol–water partition coefficient (Wildman–Crippen LogP) is -2.05. The zero-order valence-electron chi connectivity index (χ0n) is 20.4. The van der Waals surface area contributed by atoms with Crippen LogP contribution in [-0.4, -0.2) is 116 Å². The van der Waals surface area contributed by atoms with Gasteiger partial charge >= 0.3 is 0 Å². The molecule has 202 valence electrons. The van der Waals surface area contributed by atoms with Crippen LogP contribution in [0.5, 0.6) is 0 Å². The lowest BCUT2D eigenvalue weighted by Gasteiger charge is -2.66. The fraction of sp³-hybridized carbons (Fsp3) is 1.00. The number of aliphatic hydroxyl groups is 7. The lowest BCUT2D eigenvalue weighted by Crippen LogP contribution is -2.71. The Hall–Kier alpha value is -0.440. The van der Waals surface area contributed by atoms with E-state index in [9.17, 15) is 35.7 Å². The molecule has 8 N–H and O–H groups in total. The molecule has 4 aliphatic carbocycles. The lowest BCUT2D eigenvalue weighted by atomic mass is 9.42. The van der Waals surface area contributed by atoms with Crippen molar-refractivity contribution in [3.63, 3.8) is 0 Å². The van der Waals surface area contributed by atoms with Crippen molar-refractivity contribution in [3.05, 3.63) is 0 Å². The molecule has 2 heterocycles. The van der Waals surface area contributed by atoms with Crippen LogP contribution in [0.3, 0.4) is 0 Å². The van der Waals surface area contributed by atoms with Gasteiger partial charge in [-0.15, -0.1) is 0 Å². The topological polar surface area (TPSA) is 181 Å². The summed E-state index contributed by atoms with van der Waals surface area (Å²) in [6.07, 6.45) is -7.26. The maximum atomic E-state index is 11.0. The smallest absolute Gasteiger partial charge is 0.187 e. The SMILES string of the molecule is C[C@]12CC3CC(N[C@@H]4O[C@H](CO)[C@@H](O[C@@H]5O[C@H](CO)[C@@H](O)[C@H](O)[C@H]5O)[C@H](O)[C@H]4O)(C1)C[C@@](C)(C3)C2. The van der Waals surface area contributed by atoms with Crippen molar-refractivity contribution >= 4 is 0 Å². The van der Waals surface area contributed by atoms with Gasteiger partial charge in [-0.1, -0.05) is 13.8 Å². The largest absolute Gasteiger partial charge is 0.394 e. The molecule has 2 aliphatic heterocycles. The van der Waals surface area contributed by atoms with Gasteiger partial charge < -0.3 is 50.0 Å². The van der Waals surface area contributed by atoms with Gasteiger partial charge in [0.15, 0.2) is 6.29 Å². The number of ether oxygens (including phenoxy) is 3. The van der Waals surface area contributed by atoms with Crippen LogP contribution in [0, 0.1) is 16.7 Å². The van der Waals surface area contributed by atoms with Crippen molar-refractivity contribution in [2.24, 2.45) is 16.7 Å². The monoisotopic (exact) mass is 503 g/mol. The standard InChI is InChI=1S/C24H41NO10/c1-22-3-11-4-23(2,8-22)10-24(5-11,9-22)25-20-17(31)16(30)19(13(7-27)33-20)35-21-18(32)15(29)14(28)12(6-26)34-21/h11-21,25-32H,3-10H2,1-2H3/t11?,12-,13-,14-,15+,16-,17-,18-,19-,20-,21+,22-,23+,24?/m1/s1. The highest BCUT2D eigenvalue weighted by atomic mass is 16.7. The first kappa shape index (κ1) is 26.2. The molecule has 6 rings (SSSR count). The zero-order chi connectivity index (χ0) is 25.3. The molecule has 2 unspecified atom stereocenters. The summed E-state index contributed by atoms with van der Waals surface area (Å²) in [5.41, 5.74) is 0.230. The molecule has 2 saturated heterocycles. The third kappa shape index (κ3) is 4.57. The molecule has 4 bridgehead atoms. The molecule has 0 aromatic rings. The van der Waals surface area contributed by atoms with Crippen LogP contribution in [0.25, 0.3) is 0 Å². The van der Waals surface area contributed by atoms with Crippen molar-refractivity contribution < 1.29 is 50.0 Å². The van der Waals surface area contributed by atoms with Crippen LogP contribution >= 0.6 is 0 Å². The zero-order valence-corrected chi connectivity index (χ0v) is 20.4. The Morgan fingerprint density at radius 3 is 1.94 bits per heavy atom. The van der Waals surface area contributed by atoms with Crippen molar-refractivity contribution in [3.8, 4) is 0 Å². The van der Waals surface area contributed by atoms with Crippen LogP contribution < -0.4 is 5.32 Å². The van der Waals surface area contributed by atoms with Crippen LogP contribution in [0.4, 0.5) is 0 Å². The number of aliphatic hydroxyl groups excluding tert-OH is 7. The van der Waals surface area contributed by atoms with Gasteiger partial charge in [-0.05, 0) is 55.3 Å². The second kappa shape index (κ2) is 9.09. The Balaban J connectivity index is 1.30. The summed E-state index contributed by atoms with van der Waals surface area (Å²) in [5, 5.41) is 75.3. The van der Waals surface area contributed by atoms with Crippen molar-refractivity contribution in [1.29, 1.82) is 0 Å². The van der Waals surface area contributed by atoms with Gasteiger partial charge in [0, 0.05) is 5.54 Å². The summed E-state index contributed by atoms with van der Waals surface area (Å²) in [6, 6.07) is 0. The first-order valence-corrected chi connectivity index (χ1v) is 12.8. The highest BCUT2D eigenvalue weighted by Crippen LogP contribution is 2.66. The molecule has 0 radical (unpaired) electrons. The highest BCUT2D eigenvalue weighted by Gasteiger charge is 2.61. The van der Waals surface area contributed by atoms with E-state index in [1.165, 1.54) is 19.3 Å². The van der Waals surface area contributed by atoms with Crippen LogP contribution in [0.1, 0.15) is 52.4 Å². The minimum absolute atomic E-state index is 0.223. The van der Waals surface area contributed by atoms with E-state index in [1.54, 1.807) is 0 Å². The van der Waals surface area contributed by atoms with Gasteiger partial charge in [0.2, 0.25) is 0 Å². The van der Waals surface area contributed by atoms with E-state index in [-0.39, 0.29) is 16.4 Å². The second-order valence-electron chi connectivity index (χ2n) is 12.6. The Bertz CT molecular complexity index is 763. The summed E-state index contributed by atoms with van der Waals surface area (Å²) in [4.78, 5) is 0. The van der Waals surface area contributed by atoms with Gasteiger partial charge in [-0.2, -0.15) is 0 Å². The lowest BCUT2D eigenvalue weighted by molar-refractivity contribution is -0.344. The number of hydrogen-bond acceptors (Lipinski definition) is 11. The van der Waals surface area contributed by atoms with E-state index >= 15 is 0 Å². The molecule has 4 saturated carbocycles. The van der Waals surface area contributed by atoms with E-state index in [2.05, 4.69) is 19.2 Å². The van der Waals surface area contributed by atoms with Crippen molar-refractivity contribution in [1.82, 2.24) is 5.32 Å². The van der Waals surface area contributed by atoms with Gasteiger partial charge in [0.25, 0.3) is 0 Å². The molecule has 6 fully saturated rings. The molecular formula is C24H41NO10. The quantitative estimate of drug-likeness (QED) is 0.200. The Morgan fingerprint density at radius 1 is 0.743 bits per heavy atom. The molecule has 11 heteroatoms. The Morgan fingerprint density at radius 2 is 1.37 bits per heavy atom. The minimum Gasteiger partial charge on any atom is -0.394 e. The minimum atomic E-state index is -1.68. The van der Waals surface area contributed by atoms with Gasteiger partial charge in [-0.3, -0.25) is 5.32 Å². The second-order valence-corrected chi connectivity index (χ2v) is 12.6. The Kier molecular flexibility index (Phi) is 6.80. The number of rotatable bonds is 6. The van der Waals surface area contributed by atoms with E-state index in [0.29, 0.717) is 5.92 Å². The fourth-order valence-electron chi connectivity index (χ4n) is 8.62. The molecule has 6 aliphatic rings. The first-order chi connectivity index (χ1) is 16.4. The molecule has 0 amide bonds. The molecule has 14 atom stereocenters. The summed E-state index contributed by atoms with van der Waals surface area (Å²) in [6.45, 7) is 3.50. The van der Waals surface area contributed by atoms with Crippen molar-refractivity contribution in [2.75, 3.05) is 13.2 Å². The Labute approximate surface area is 205 Å². The van der Waals surface area contributed by atoms with Crippen LogP contribution in [0.2, 0.25) is 0 Å².